The summed E-state index contributed by atoms with van der Waals surface area (Å²) in [6, 6.07) is 22.3. The van der Waals surface area contributed by atoms with E-state index < -0.39 is 6.09 Å². The van der Waals surface area contributed by atoms with E-state index >= 15 is 0 Å². The molecule has 180 valence electrons. The summed E-state index contributed by atoms with van der Waals surface area (Å²) < 4.78 is 7.78. The van der Waals surface area contributed by atoms with Gasteiger partial charge in [0.25, 0.3) is 0 Å². The number of benzene rings is 2. The van der Waals surface area contributed by atoms with Gasteiger partial charge in [0, 0.05) is 29.4 Å². The van der Waals surface area contributed by atoms with Crippen LogP contribution in [0.25, 0.3) is 33.4 Å². The molecule has 1 atom stereocenters. The van der Waals surface area contributed by atoms with E-state index in [0.717, 1.165) is 52.8 Å². The van der Waals surface area contributed by atoms with Gasteiger partial charge in [-0.2, -0.15) is 5.26 Å². The molecular weight excluding hydrogens is 448 g/mol. The maximum absolute atomic E-state index is 12.3. The van der Waals surface area contributed by atoms with Crippen molar-refractivity contribution < 1.29 is 9.53 Å². The summed E-state index contributed by atoms with van der Waals surface area (Å²) in [5, 5.41) is 14.0. The van der Waals surface area contributed by atoms with Crippen molar-refractivity contribution >= 4 is 22.7 Å². The van der Waals surface area contributed by atoms with Gasteiger partial charge in [-0.15, -0.1) is 0 Å². The molecule has 2 fully saturated rings. The molecule has 6 nitrogen and oxygen atoms in total. The molecule has 2 aromatic heterocycles. The molecule has 0 bridgehead atoms. The Morgan fingerprint density at radius 2 is 1.89 bits per heavy atom. The second-order valence-corrected chi connectivity index (χ2v) is 9.99. The van der Waals surface area contributed by atoms with E-state index in [1.54, 1.807) is 6.20 Å². The topological polar surface area (TPSA) is 79.9 Å². The first-order valence-electron chi connectivity index (χ1n) is 12.7. The Labute approximate surface area is 210 Å². The summed E-state index contributed by atoms with van der Waals surface area (Å²) in [6.45, 7) is 2.83. The molecule has 2 aliphatic carbocycles. The second-order valence-electron chi connectivity index (χ2n) is 9.99. The molecule has 2 saturated carbocycles. The Hall–Kier alpha value is -4.11. The summed E-state index contributed by atoms with van der Waals surface area (Å²) in [6.07, 6.45) is 6.00. The fraction of sp³-hybridized carbons (Fsp3) is 0.300. The van der Waals surface area contributed by atoms with E-state index in [0.29, 0.717) is 23.1 Å². The van der Waals surface area contributed by atoms with E-state index in [-0.39, 0.29) is 6.10 Å². The minimum absolute atomic E-state index is 0.0587. The van der Waals surface area contributed by atoms with E-state index in [1.807, 2.05) is 61.5 Å². The van der Waals surface area contributed by atoms with Crippen LogP contribution < -0.4 is 5.32 Å². The lowest BCUT2D eigenvalue weighted by atomic mass is 10.0. The molecule has 36 heavy (non-hydrogen) atoms. The van der Waals surface area contributed by atoms with Crippen LogP contribution >= 0.6 is 0 Å². The van der Waals surface area contributed by atoms with Crippen LogP contribution in [0.5, 0.6) is 0 Å². The predicted molar refractivity (Wildman–Crippen MR) is 140 cm³/mol. The third-order valence-corrected chi connectivity index (χ3v) is 7.26. The number of hydrogen-bond acceptors (Lipinski definition) is 4. The standard InChI is InChI=1S/C30H28N4O2/c1-19(21-7-8-21)36-30(35)33-24-12-9-22(10-13-24)29-26(17-31)25-14-11-23(27-4-2-3-15-32-27)16-28(25)34(29)18-20-5-6-20/h2-4,9-16,19-21H,5-8,18H2,1H3,(H,33,35)/t19-/m1/s1. The summed E-state index contributed by atoms with van der Waals surface area (Å²) in [4.78, 5) is 16.8. The van der Waals surface area contributed by atoms with Crippen molar-refractivity contribution in [1.29, 1.82) is 5.26 Å². The molecule has 0 spiro atoms. The van der Waals surface area contributed by atoms with Crippen molar-refractivity contribution in [3.63, 3.8) is 0 Å². The summed E-state index contributed by atoms with van der Waals surface area (Å²) >= 11 is 0. The largest absolute Gasteiger partial charge is 0.446 e. The average Bonchev–Trinajstić information content (AvgIpc) is 3.82. The molecule has 1 amide bonds. The van der Waals surface area contributed by atoms with Gasteiger partial charge < -0.3 is 9.30 Å². The second kappa shape index (κ2) is 9.16. The van der Waals surface area contributed by atoms with Gasteiger partial charge in [-0.1, -0.05) is 30.3 Å². The Kier molecular flexibility index (Phi) is 5.69. The molecule has 0 unspecified atom stereocenters. The van der Waals surface area contributed by atoms with Gasteiger partial charge in [0.2, 0.25) is 0 Å². The number of fused-ring (bicyclic) bond motifs is 1. The summed E-state index contributed by atoms with van der Waals surface area (Å²) in [7, 11) is 0. The smallest absolute Gasteiger partial charge is 0.411 e. The molecule has 0 saturated heterocycles. The highest BCUT2D eigenvalue weighted by molar-refractivity contribution is 5.97. The molecule has 6 rings (SSSR count). The number of nitrogens with zero attached hydrogens (tertiary/aromatic N) is 3. The van der Waals surface area contributed by atoms with Crippen LogP contribution in [-0.4, -0.2) is 21.7 Å². The number of anilines is 1. The van der Waals surface area contributed by atoms with Gasteiger partial charge in [-0.3, -0.25) is 10.3 Å². The van der Waals surface area contributed by atoms with Crippen LogP contribution in [0, 0.1) is 23.2 Å². The van der Waals surface area contributed by atoms with E-state index in [1.165, 1.54) is 12.8 Å². The molecule has 1 N–H and O–H groups in total. The highest BCUT2D eigenvalue weighted by Crippen LogP contribution is 2.40. The van der Waals surface area contributed by atoms with Crippen LogP contribution in [0.4, 0.5) is 10.5 Å². The first-order valence-corrected chi connectivity index (χ1v) is 12.7. The third kappa shape index (κ3) is 4.45. The average molecular weight is 477 g/mol. The number of amides is 1. The Morgan fingerprint density at radius 1 is 1.11 bits per heavy atom. The molecule has 0 radical (unpaired) electrons. The minimum Gasteiger partial charge on any atom is -0.446 e. The number of nitrogens with one attached hydrogen (secondary N) is 1. The highest BCUT2D eigenvalue weighted by atomic mass is 16.6. The Balaban J connectivity index is 1.36. The van der Waals surface area contributed by atoms with Crippen molar-refractivity contribution in [3.05, 3.63) is 72.4 Å². The van der Waals surface area contributed by atoms with E-state index in [4.69, 9.17) is 4.74 Å². The lowest BCUT2D eigenvalue weighted by molar-refractivity contribution is 0.108. The van der Waals surface area contributed by atoms with Gasteiger partial charge in [-0.05, 0) is 80.3 Å². The molecule has 2 heterocycles. The first-order chi connectivity index (χ1) is 17.6. The van der Waals surface area contributed by atoms with Gasteiger partial charge in [0.05, 0.1) is 22.5 Å². The van der Waals surface area contributed by atoms with Crippen LogP contribution in [0.3, 0.4) is 0 Å². The Morgan fingerprint density at radius 3 is 2.56 bits per heavy atom. The molecule has 2 aromatic carbocycles. The third-order valence-electron chi connectivity index (χ3n) is 7.26. The zero-order valence-corrected chi connectivity index (χ0v) is 20.3. The number of ether oxygens (including phenoxy) is 1. The van der Waals surface area contributed by atoms with Gasteiger partial charge >= 0.3 is 6.09 Å². The fourth-order valence-corrected chi connectivity index (χ4v) is 4.89. The van der Waals surface area contributed by atoms with Gasteiger partial charge in [0.15, 0.2) is 0 Å². The number of nitriles is 1. The zero-order chi connectivity index (χ0) is 24.6. The number of carbonyl (C=O) groups excluding carboxylic acids is 1. The highest BCUT2D eigenvalue weighted by Gasteiger charge is 2.31. The van der Waals surface area contributed by atoms with Crippen LogP contribution in [0.15, 0.2) is 66.9 Å². The molecule has 4 aromatic rings. The van der Waals surface area contributed by atoms with Crippen molar-refractivity contribution in [2.24, 2.45) is 11.8 Å². The number of carbonyl (C=O) groups is 1. The summed E-state index contributed by atoms with van der Waals surface area (Å²) in [5.74, 6) is 1.13. The number of pyridine rings is 1. The maximum atomic E-state index is 12.3. The number of aromatic nitrogens is 2. The zero-order valence-electron chi connectivity index (χ0n) is 20.3. The van der Waals surface area contributed by atoms with E-state index in [2.05, 4.69) is 27.0 Å². The van der Waals surface area contributed by atoms with Crippen molar-refractivity contribution in [2.45, 2.75) is 45.3 Å². The van der Waals surface area contributed by atoms with Crippen molar-refractivity contribution in [1.82, 2.24) is 9.55 Å². The fourth-order valence-electron chi connectivity index (χ4n) is 4.89. The van der Waals surface area contributed by atoms with Gasteiger partial charge in [0.1, 0.15) is 12.2 Å². The lowest BCUT2D eigenvalue weighted by Crippen LogP contribution is -2.21. The Bertz CT molecular complexity index is 1460. The van der Waals surface area contributed by atoms with Crippen LogP contribution in [0.1, 0.15) is 38.2 Å². The monoisotopic (exact) mass is 476 g/mol. The van der Waals surface area contributed by atoms with Crippen molar-refractivity contribution in [3.8, 4) is 28.6 Å². The van der Waals surface area contributed by atoms with Crippen LogP contribution in [-0.2, 0) is 11.3 Å². The number of rotatable bonds is 7. The molecule has 0 aliphatic heterocycles. The van der Waals surface area contributed by atoms with Gasteiger partial charge in [-0.25, -0.2) is 4.79 Å². The number of hydrogen-bond donors (Lipinski definition) is 1. The molecular formula is C30H28N4O2. The SMILES string of the molecule is C[C@@H](OC(=O)Nc1ccc(-c2c(C#N)c3ccc(-c4ccccn4)cc3n2CC2CC2)cc1)C1CC1. The van der Waals surface area contributed by atoms with Crippen molar-refractivity contribution in [2.75, 3.05) is 5.32 Å². The maximum Gasteiger partial charge on any atom is 0.411 e. The predicted octanol–water partition coefficient (Wildman–Crippen LogP) is 7.00. The van der Waals surface area contributed by atoms with E-state index in [9.17, 15) is 10.1 Å². The normalized spacial score (nSPS) is 15.9. The quantitative estimate of drug-likeness (QED) is 0.311. The molecule has 6 heteroatoms. The first kappa shape index (κ1) is 22.4. The lowest BCUT2D eigenvalue weighted by Gasteiger charge is -2.14. The van der Waals surface area contributed by atoms with Crippen LogP contribution in [0.2, 0.25) is 0 Å². The summed E-state index contributed by atoms with van der Waals surface area (Å²) in [5.41, 5.74) is 6.23. The molecule has 2 aliphatic rings. The minimum atomic E-state index is -0.426.